The third-order valence-electron chi connectivity index (χ3n) is 6.88. The molecular weight excluding hydrogens is 434 g/mol. The molecule has 8 heteroatoms. The van der Waals surface area contributed by atoms with Gasteiger partial charge in [-0.3, -0.25) is 14.5 Å². The minimum Gasteiger partial charge on any atom is -0.496 e. The van der Waals surface area contributed by atoms with Crippen LogP contribution in [0.15, 0.2) is 42.5 Å². The number of nitrogens with zero attached hydrogens (tertiary/aromatic N) is 2. The summed E-state index contributed by atoms with van der Waals surface area (Å²) < 4.78 is 16.8. The number of amides is 2. The highest BCUT2D eigenvalue weighted by atomic mass is 16.6. The molecule has 3 aliphatic heterocycles. The van der Waals surface area contributed by atoms with Gasteiger partial charge in [-0.2, -0.15) is 0 Å². The van der Waals surface area contributed by atoms with Crippen molar-refractivity contribution in [3.63, 3.8) is 0 Å². The summed E-state index contributed by atoms with van der Waals surface area (Å²) in [6.45, 7) is 3.84. The number of para-hydroxylation sites is 1. The Balaban J connectivity index is 1.26. The molecule has 0 aliphatic carbocycles. The van der Waals surface area contributed by atoms with E-state index in [9.17, 15) is 9.59 Å². The van der Waals surface area contributed by atoms with Gasteiger partial charge in [0.1, 0.15) is 19.0 Å². The fraction of sp³-hybridized carbons (Fsp3) is 0.462. The zero-order chi connectivity index (χ0) is 23.5. The summed E-state index contributed by atoms with van der Waals surface area (Å²) in [6, 6.07) is 13.5. The Bertz CT molecular complexity index is 1050. The highest BCUT2D eigenvalue weighted by molar-refractivity contribution is 6.00. The van der Waals surface area contributed by atoms with E-state index in [0.29, 0.717) is 37.8 Å². The van der Waals surface area contributed by atoms with Gasteiger partial charge in [-0.25, -0.2) is 0 Å². The SMILES string of the molecule is COc1ccccc1[C@H](CNC(=O)[C@@H]1CC(=O)N(c2ccc3c(c2)OCCO3)C1)N1CCCC1. The number of ether oxygens (including phenoxy) is 3. The molecule has 180 valence electrons. The van der Waals surface area contributed by atoms with Gasteiger partial charge in [0.2, 0.25) is 11.8 Å². The number of likely N-dealkylation sites (tertiary alicyclic amines) is 1. The van der Waals surface area contributed by atoms with E-state index in [2.05, 4.69) is 16.3 Å². The van der Waals surface area contributed by atoms with E-state index in [1.807, 2.05) is 36.4 Å². The lowest BCUT2D eigenvalue weighted by atomic mass is 10.0. The topological polar surface area (TPSA) is 80.3 Å². The molecule has 8 nitrogen and oxygen atoms in total. The van der Waals surface area contributed by atoms with Crippen molar-refractivity contribution in [3.05, 3.63) is 48.0 Å². The minimum atomic E-state index is -0.391. The first-order valence-electron chi connectivity index (χ1n) is 12.0. The quantitative estimate of drug-likeness (QED) is 0.678. The fourth-order valence-corrected chi connectivity index (χ4v) is 5.11. The molecule has 0 radical (unpaired) electrons. The highest BCUT2D eigenvalue weighted by Gasteiger charge is 2.36. The summed E-state index contributed by atoms with van der Waals surface area (Å²) in [5, 5.41) is 3.13. The maximum Gasteiger partial charge on any atom is 0.227 e. The van der Waals surface area contributed by atoms with E-state index in [1.165, 1.54) is 0 Å². The van der Waals surface area contributed by atoms with Crippen LogP contribution in [0.25, 0.3) is 0 Å². The molecule has 2 aromatic rings. The predicted molar refractivity (Wildman–Crippen MR) is 127 cm³/mol. The highest BCUT2D eigenvalue weighted by Crippen LogP contribution is 2.36. The zero-order valence-electron chi connectivity index (χ0n) is 19.5. The molecule has 2 atom stereocenters. The number of carbonyl (C=O) groups is 2. The van der Waals surface area contributed by atoms with Gasteiger partial charge in [-0.15, -0.1) is 0 Å². The Morgan fingerprint density at radius 1 is 1.12 bits per heavy atom. The van der Waals surface area contributed by atoms with Crippen molar-refractivity contribution < 1.29 is 23.8 Å². The van der Waals surface area contributed by atoms with Gasteiger partial charge in [0.05, 0.1) is 19.1 Å². The number of carbonyl (C=O) groups excluding carboxylic acids is 2. The standard InChI is InChI=1S/C26H31N3O5/c1-32-22-7-3-2-6-20(22)21(28-10-4-5-11-28)16-27-26(31)18-14-25(30)29(17-18)19-8-9-23-24(15-19)34-13-12-33-23/h2-3,6-9,15,18,21H,4-5,10-14,16-17H2,1H3,(H,27,31)/t18-,21+/m1/s1. The number of fused-ring (bicyclic) bond motifs is 1. The molecular formula is C26H31N3O5. The summed E-state index contributed by atoms with van der Waals surface area (Å²) >= 11 is 0. The van der Waals surface area contributed by atoms with Crippen LogP contribution in [0.1, 0.15) is 30.9 Å². The molecule has 2 fully saturated rings. The number of nitrogens with one attached hydrogen (secondary N) is 1. The van der Waals surface area contributed by atoms with Gasteiger partial charge in [0.15, 0.2) is 11.5 Å². The van der Waals surface area contributed by atoms with Crippen molar-refractivity contribution in [1.82, 2.24) is 10.2 Å². The Labute approximate surface area is 199 Å². The van der Waals surface area contributed by atoms with Crippen LogP contribution in [-0.4, -0.2) is 63.2 Å². The van der Waals surface area contributed by atoms with Crippen molar-refractivity contribution in [2.24, 2.45) is 5.92 Å². The molecule has 0 saturated carbocycles. The fourth-order valence-electron chi connectivity index (χ4n) is 5.11. The van der Waals surface area contributed by atoms with Crippen LogP contribution in [-0.2, 0) is 9.59 Å². The molecule has 3 heterocycles. The normalized spacial score (nSPS) is 20.9. The van der Waals surface area contributed by atoms with E-state index >= 15 is 0 Å². The third kappa shape index (κ3) is 4.55. The molecule has 0 spiro atoms. The predicted octanol–water partition coefficient (Wildman–Crippen LogP) is 2.77. The van der Waals surface area contributed by atoms with Crippen molar-refractivity contribution in [1.29, 1.82) is 0 Å². The van der Waals surface area contributed by atoms with Crippen molar-refractivity contribution in [3.8, 4) is 17.2 Å². The molecule has 3 aliphatic rings. The summed E-state index contributed by atoms with van der Waals surface area (Å²) in [5.74, 6) is 1.60. The second-order valence-electron chi connectivity index (χ2n) is 8.98. The largest absolute Gasteiger partial charge is 0.496 e. The second-order valence-corrected chi connectivity index (χ2v) is 8.98. The molecule has 2 saturated heterocycles. The smallest absolute Gasteiger partial charge is 0.227 e. The summed E-state index contributed by atoms with van der Waals surface area (Å²) in [4.78, 5) is 29.9. The lowest BCUT2D eigenvalue weighted by molar-refractivity contribution is -0.126. The summed E-state index contributed by atoms with van der Waals surface area (Å²) in [6.07, 6.45) is 2.51. The third-order valence-corrected chi connectivity index (χ3v) is 6.88. The Kier molecular flexibility index (Phi) is 6.58. The van der Waals surface area contributed by atoms with E-state index < -0.39 is 5.92 Å². The van der Waals surface area contributed by atoms with Crippen LogP contribution >= 0.6 is 0 Å². The molecule has 0 bridgehead atoms. The number of benzene rings is 2. The first kappa shape index (κ1) is 22.5. The van der Waals surface area contributed by atoms with Gasteiger partial charge in [-0.05, 0) is 44.1 Å². The van der Waals surface area contributed by atoms with Crippen molar-refractivity contribution in [2.75, 3.05) is 51.4 Å². The van der Waals surface area contributed by atoms with Crippen LogP contribution in [0.4, 0.5) is 5.69 Å². The zero-order valence-corrected chi connectivity index (χ0v) is 19.5. The van der Waals surface area contributed by atoms with Gasteiger partial charge < -0.3 is 24.4 Å². The Morgan fingerprint density at radius 2 is 1.88 bits per heavy atom. The average molecular weight is 466 g/mol. The molecule has 34 heavy (non-hydrogen) atoms. The van der Waals surface area contributed by atoms with Crippen LogP contribution in [0.2, 0.25) is 0 Å². The molecule has 0 unspecified atom stereocenters. The monoisotopic (exact) mass is 465 g/mol. The first-order valence-corrected chi connectivity index (χ1v) is 12.0. The van der Waals surface area contributed by atoms with Gasteiger partial charge in [-0.1, -0.05) is 18.2 Å². The maximum atomic E-state index is 13.1. The second kappa shape index (κ2) is 9.93. The van der Waals surface area contributed by atoms with E-state index in [4.69, 9.17) is 14.2 Å². The number of hydrogen-bond donors (Lipinski definition) is 1. The van der Waals surface area contributed by atoms with Crippen LogP contribution in [0, 0.1) is 5.92 Å². The lowest BCUT2D eigenvalue weighted by Crippen LogP contribution is -2.40. The van der Waals surface area contributed by atoms with Crippen molar-refractivity contribution in [2.45, 2.75) is 25.3 Å². The summed E-state index contributed by atoms with van der Waals surface area (Å²) in [7, 11) is 1.68. The van der Waals surface area contributed by atoms with Gasteiger partial charge >= 0.3 is 0 Å². The number of hydrogen-bond acceptors (Lipinski definition) is 6. The summed E-state index contributed by atoms with van der Waals surface area (Å²) in [5.41, 5.74) is 1.81. The number of rotatable bonds is 7. The minimum absolute atomic E-state index is 0.0357. The van der Waals surface area contributed by atoms with Crippen LogP contribution in [0.5, 0.6) is 17.2 Å². The van der Waals surface area contributed by atoms with Crippen molar-refractivity contribution >= 4 is 17.5 Å². The van der Waals surface area contributed by atoms with E-state index in [1.54, 1.807) is 12.0 Å². The average Bonchev–Trinajstić information content (AvgIpc) is 3.54. The molecule has 2 amide bonds. The van der Waals surface area contributed by atoms with E-state index in [0.717, 1.165) is 42.9 Å². The Hall–Kier alpha value is -3.26. The number of anilines is 1. The van der Waals surface area contributed by atoms with Gasteiger partial charge in [0, 0.05) is 36.8 Å². The molecule has 0 aromatic heterocycles. The van der Waals surface area contributed by atoms with Crippen LogP contribution < -0.4 is 24.4 Å². The van der Waals surface area contributed by atoms with Gasteiger partial charge in [0.25, 0.3) is 0 Å². The Morgan fingerprint density at radius 3 is 2.68 bits per heavy atom. The number of methoxy groups -OCH3 is 1. The molecule has 5 rings (SSSR count). The molecule has 1 N–H and O–H groups in total. The molecule has 2 aromatic carbocycles. The first-order chi connectivity index (χ1) is 16.6. The van der Waals surface area contributed by atoms with E-state index in [-0.39, 0.29) is 24.3 Å². The maximum absolute atomic E-state index is 13.1. The lowest BCUT2D eigenvalue weighted by Gasteiger charge is -2.29. The van der Waals surface area contributed by atoms with Crippen LogP contribution in [0.3, 0.4) is 0 Å².